The Labute approximate surface area is 143 Å². The zero-order chi connectivity index (χ0) is 15.4. The second-order valence-corrected chi connectivity index (χ2v) is 5.89. The van der Waals surface area contributed by atoms with E-state index in [-0.39, 0.29) is 24.4 Å². The van der Waals surface area contributed by atoms with E-state index in [0.717, 1.165) is 31.7 Å². The van der Waals surface area contributed by atoms with E-state index in [2.05, 4.69) is 34.5 Å². The Balaban J connectivity index is 0.00000192. The van der Waals surface area contributed by atoms with Crippen LogP contribution in [0.25, 0.3) is 0 Å². The van der Waals surface area contributed by atoms with Gasteiger partial charge in [0.1, 0.15) is 0 Å². The van der Waals surface area contributed by atoms with Crippen LogP contribution in [0.5, 0.6) is 0 Å². The molecule has 5 nitrogen and oxygen atoms in total. The van der Waals surface area contributed by atoms with Gasteiger partial charge in [0.05, 0.1) is 12.0 Å². The predicted octanol–water partition coefficient (Wildman–Crippen LogP) is 3.28. The molecule has 3 atom stereocenters. The Morgan fingerprint density at radius 3 is 2.83 bits per heavy atom. The van der Waals surface area contributed by atoms with Gasteiger partial charge < -0.3 is 14.6 Å². The highest BCUT2D eigenvalue weighted by molar-refractivity contribution is 5.85. The molecule has 0 spiro atoms. The van der Waals surface area contributed by atoms with Gasteiger partial charge in [-0.05, 0) is 32.4 Å². The number of rotatable bonds is 5. The SMILES string of the molecule is CNC(C)Cc1noc(C2CCCOC2c2ccccc2)n1.Cl. The fourth-order valence-corrected chi connectivity index (χ4v) is 2.88. The van der Waals surface area contributed by atoms with Crippen molar-refractivity contribution in [3.05, 3.63) is 47.6 Å². The summed E-state index contributed by atoms with van der Waals surface area (Å²) in [5.74, 6) is 1.60. The van der Waals surface area contributed by atoms with Crippen molar-refractivity contribution < 1.29 is 9.26 Å². The number of benzene rings is 1. The number of halogens is 1. The van der Waals surface area contributed by atoms with Gasteiger partial charge in [0.15, 0.2) is 5.82 Å². The van der Waals surface area contributed by atoms with E-state index in [1.54, 1.807) is 0 Å². The first-order valence-electron chi connectivity index (χ1n) is 7.94. The minimum absolute atomic E-state index is 0. The van der Waals surface area contributed by atoms with Crippen LogP contribution in [0, 0.1) is 0 Å². The van der Waals surface area contributed by atoms with Crippen molar-refractivity contribution in [1.82, 2.24) is 15.5 Å². The van der Waals surface area contributed by atoms with Crippen molar-refractivity contribution in [3.63, 3.8) is 0 Å². The molecule has 3 rings (SSSR count). The molecular weight excluding hydrogens is 314 g/mol. The number of aromatic nitrogens is 2. The molecule has 0 radical (unpaired) electrons. The maximum absolute atomic E-state index is 6.00. The molecule has 3 unspecified atom stereocenters. The smallest absolute Gasteiger partial charge is 0.232 e. The lowest BCUT2D eigenvalue weighted by molar-refractivity contribution is -0.0103. The molecule has 1 aliphatic rings. The standard InChI is InChI=1S/C17H23N3O2.ClH/c1-12(18-2)11-15-19-17(22-20-15)14-9-6-10-21-16(14)13-7-4-3-5-8-13;/h3-5,7-8,12,14,16,18H,6,9-11H2,1-2H3;1H. The third-order valence-electron chi connectivity index (χ3n) is 4.23. The molecular formula is C17H24ClN3O2. The van der Waals surface area contributed by atoms with Gasteiger partial charge in [0, 0.05) is 19.1 Å². The van der Waals surface area contributed by atoms with Crippen LogP contribution in [0.15, 0.2) is 34.9 Å². The minimum Gasteiger partial charge on any atom is -0.373 e. The molecule has 0 amide bonds. The monoisotopic (exact) mass is 337 g/mol. The Morgan fingerprint density at radius 2 is 2.09 bits per heavy atom. The molecule has 1 aromatic heterocycles. The Bertz CT molecular complexity index is 591. The maximum atomic E-state index is 6.00. The number of hydrogen-bond donors (Lipinski definition) is 1. The summed E-state index contributed by atoms with van der Waals surface area (Å²) in [5, 5.41) is 7.32. The topological polar surface area (TPSA) is 60.2 Å². The van der Waals surface area contributed by atoms with Gasteiger partial charge in [-0.15, -0.1) is 12.4 Å². The van der Waals surface area contributed by atoms with Crippen molar-refractivity contribution in [1.29, 1.82) is 0 Å². The lowest BCUT2D eigenvalue weighted by Gasteiger charge is -2.29. The molecule has 2 heterocycles. The first kappa shape index (κ1) is 17.9. The predicted molar refractivity (Wildman–Crippen MR) is 90.9 cm³/mol. The van der Waals surface area contributed by atoms with Crippen LogP contribution in [0.1, 0.15) is 49.1 Å². The molecule has 126 valence electrons. The summed E-state index contributed by atoms with van der Waals surface area (Å²) < 4.78 is 11.5. The normalized spacial score (nSPS) is 22.3. The maximum Gasteiger partial charge on any atom is 0.232 e. The first-order valence-corrected chi connectivity index (χ1v) is 7.94. The van der Waals surface area contributed by atoms with Crippen LogP contribution >= 0.6 is 12.4 Å². The van der Waals surface area contributed by atoms with Crippen molar-refractivity contribution in [2.24, 2.45) is 0 Å². The molecule has 1 aliphatic heterocycles. The van der Waals surface area contributed by atoms with Gasteiger partial charge in [0.2, 0.25) is 5.89 Å². The van der Waals surface area contributed by atoms with Crippen LogP contribution < -0.4 is 5.32 Å². The fraction of sp³-hybridized carbons (Fsp3) is 0.529. The summed E-state index contributed by atoms with van der Waals surface area (Å²) in [7, 11) is 1.94. The summed E-state index contributed by atoms with van der Waals surface area (Å²) >= 11 is 0. The van der Waals surface area contributed by atoms with Crippen LogP contribution in [0.4, 0.5) is 0 Å². The van der Waals surface area contributed by atoms with Crippen molar-refractivity contribution >= 4 is 12.4 Å². The fourth-order valence-electron chi connectivity index (χ4n) is 2.88. The van der Waals surface area contributed by atoms with E-state index >= 15 is 0 Å². The first-order chi connectivity index (χ1) is 10.8. The third kappa shape index (κ3) is 4.31. The van der Waals surface area contributed by atoms with E-state index in [1.165, 1.54) is 5.56 Å². The number of nitrogens with one attached hydrogen (secondary N) is 1. The van der Waals surface area contributed by atoms with Gasteiger partial charge in [-0.1, -0.05) is 35.5 Å². The summed E-state index contributed by atoms with van der Waals surface area (Å²) in [6, 6.07) is 10.6. The highest BCUT2D eigenvalue weighted by atomic mass is 35.5. The molecule has 0 bridgehead atoms. The second-order valence-electron chi connectivity index (χ2n) is 5.89. The van der Waals surface area contributed by atoms with Crippen LogP contribution in [-0.2, 0) is 11.2 Å². The average molecular weight is 338 g/mol. The zero-order valence-electron chi connectivity index (χ0n) is 13.6. The average Bonchev–Trinajstić information content (AvgIpc) is 3.04. The van der Waals surface area contributed by atoms with E-state index in [0.29, 0.717) is 11.9 Å². The molecule has 23 heavy (non-hydrogen) atoms. The molecule has 6 heteroatoms. The molecule has 0 saturated carbocycles. The molecule has 1 aromatic carbocycles. The third-order valence-corrected chi connectivity index (χ3v) is 4.23. The Morgan fingerprint density at radius 1 is 1.30 bits per heavy atom. The van der Waals surface area contributed by atoms with Crippen molar-refractivity contribution in [2.75, 3.05) is 13.7 Å². The summed E-state index contributed by atoms with van der Waals surface area (Å²) in [5.41, 5.74) is 1.18. The number of nitrogens with zero attached hydrogens (tertiary/aromatic N) is 2. The van der Waals surface area contributed by atoms with E-state index in [9.17, 15) is 0 Å². The minimum atomic E-state index is 0. The highest BCUT2D eigenvalue weighted by Crippen LogP contribution is 2.39. The van der Waals surface area contributed by atoms with Gasteiger partial charge in [-0.2, -0.15) is 4.98 Å². The largest absolute Gasteiger partial charge is 0.373 e. The van der Waals surface area contributed by atoms with E-state index in [1.807, 2.05) is 25.2 Å². The lowest BCUT2D eigenvalue weighted by atomic mass is 9.89. The van der Waals surface area contributed by atoms with Gasteiger partial charge >= 0.3 is 0 Å². The van der Waals surface area contributed by atoms with E-state index in [4.69, 9.17) is 9.26 Å². The Kier molecular flexibility index (Phi) is 6.57. The van der Waals surface area contributed by atoms with Crippen LogP contribution in [0.2, 0.25) is 0 Å². The summed E-state index contributed by atoms with van der Waals surface area (Å²) in [6.45, 7) is 2.89. The van der Waals surface area contributed by atoms with Crippen molar-refractivity contribution in [2.45, 2.75) is 44.2 Å². The quantitative estimate of drug-likeness (QED) is 0.907. The Hall–Kier alpha value is -1.43. The number of ether oxygens (including phenoxy) is 1. The second kappa shape index (κ2) is 8.43. The summed E-state index contributed by atoms with van der Waals surface area (Å²) in [6.07, 6.45) is 2.82. The van der Waals surface area contributed by atoms with Gasteiger partial charge in [0.25, 0.3) is 0 Å². The van der Waals surface area contributed by atoms with Gasteiger partial charge in [-0.3, -0.25) is 0 Å². The zero-order valence-corrected chi connectivity index (χ0v) is 14.4. The highest BCUT2D eigenvalue weighted by Gasteiger charge is 2.33. The molecule has 0 aliphatic carbocycles. The number of hydrogen-bond acceptors (Lipinski definition) is 5. The molecule has 1 N–H and O–H groups in total. The lowest BCUT2D eigenvalue weighted by Crippen LogP contribution is -2.24. The van der Waals surface area contributed by atoms with Crippen LogP contribution in [0.3, 0.4) is 0 Å². The van der Waals surface area contributed by atoms with Gasteiger partial charge in [-0.25, -0.2) is 0 Å². The van der Waals surface area contributed by atoms with Crippen molar-refractivity contribution in [3.8, 4) is 0 Å². The number of likely N-dealkylation sites (N-methyl/N-ethyl adjacent to an activating group) is 1. The molecule has 1 fully saturated rings. The molecule has 2 aromatic rings. The summed E-state index contributed by atoms with van der Waals surface area (Å²) in [4.78, 5) is 4.60. The van der Waals surface area contributed by atoms with Crippen LogP contribution in [-0.4, -0.2) is 29.8 Å². The molecule has 1 saturated heterocycles. The van der Waals surface area contributed by atoms with E-state index < -0.39 is 0 Å².